The van der Waals surface area contributed by atoms with Gasteiger partial charge in [-0.2, -0.15) is 0 Å². The Hall–Kier alpha value is -1.36. The van der Waals surface area contributed by atoms with E-state index >= 15 is 0 Å². The summed E-state index contributed by atoms with van der Waals surface area (Å²) in [6.07, 6.45) is 1.81. The average molecular weight is 267 g/mol. The standard InChI is InChI=1S/C13H17NO3S/c1-2-10-4-5-11(18-10)8-14-7-9(13(16)17)3-6-12(14)15/h4-5,9H,2-3,6-8H2,1H3,(H,16,17). The summed E-state index contributed by atoms with van der Waals surface area (Å²) >= 11 is 1.70. The number of carboxylic acid groups (broad SMARTS) is 1. The first-order chi connectivity index (χ1) is 8.60. The number of amides is 1. The van der Waals surface area contributed by atoms with Gasteiger partial charge in [-0.05, 0) is 25.0 Å². The predicted octanol–water partition coefficient (Wildman–Crippen LogP) is 2.13. The van der Waals surface area contributed by atoms with Crippen LogP contribution in [0.25, 0.3) is 0 Å². The molecule has 0 radical (unpaired) electrons. The maximum atomic E-state index is 11.8. The monoisotopic (exact) mass is 267 g/mol. The van der Waals surface area contributed by atoms with E-state index in [9.17, 15) is 9.59 Å². The van der Waals surface area contributed by atoms with E-state index in [0.29, 0.717) is 25.9 Å². The van der Waals surface area contributed by atoms with Gasteiger partial charge < -0.3 is 10.0 Å². The van der Waals surface area contributed by atoms with Crippen molar-refractivity contribution in [3.05, 3.63) is 21.9 Å². The number of piperidine rings is 1. The molecular formula is C13H17NO3S. The molecule has 98 valence electrons. The molecule has 2 heterocycles. The smallest absolute Gasteiger partial charge is 0.308 e. The number of likely N-dealkylation sites (tertiary alicyclic amines) is 1. The molecule has 1 aliphatic heterocycles. The molecule has 1 aromatic heterocycles. The number of aryl methyl sites for hydroxylation is 1. The van der Waals surface area contributed by atoms with Crippen molar-refractivity contribution in [3.8, 4) is 0 Å². The first kappa shape index (κ1) is 13.1. The van der Waals surface area contributed by atoms with E-state index in [2.05, 4.69) is 13.0 Å². The van der Waals surface area contributed by atoms with Crippen LogP contribution in [0.5, 0.6) is 0 Å². The number of carboxylic acids is 1. The molecule has 1 aliphatic rings. The topological polar surface area (TPSA) is 57.6 Å². The van der Waals surface area contributed by atoms with E-state index in [-0.39, 0.29) is 5.91 Å². The minimum absolute atomic E-state index is 0.0685. The zero-order valence-electron chi connectivity index (χ0n) is 10.4. The fraction of sp³-hybridized carbons (Fsp3) is 0.538. The fourth-order valence-electron chi connectivity index (χ4n) is 2.15. The van der Waals surface area contributed by atoms with E-state index in [1.54, 1.807) is 16.2 Å². The Balaban J connectivity index is 2.02. The average Bonchev–Trinajstić information content (AvgIpc) is 2.79. The predicted molar refractivity (Wildman–Crippen MR) is 69.5 cm³/mol. The number of carbonyl (C=O) groups excluding carboxylic acids is 1. The normalized spacial score (nSPS) is 20.2. The van der Waals surface area contributed by atoms with Crippen LogP contribution in [0.3, 0.4) is 0 Å². The minimum Gasteiger partial charge on any atom is -0.481 e. The molecule has 1 fully saturated rings. The third kappa shape index (κ3) is 2.90. The lowest BCUT2D eigenvalue weighted by Gasteiger charge is -2.30. The fourth-order valence-corrected chi connectivity index (χ4v) is 3.13. The van der Waals surface area contributed by atoms with Crippen LogP contribution in [0.1, 0.15) is 29.5 Å². The van der Waals surface area contributed by atoms with Crippen LogP contribution in [0.2, 0.25) is 0 Å². The quantitative estimate of drug-likeness (QED) is 0.909. The van der Waals surface area contributed by atoms with E-state index < -0.39 is 11.9 Å². The van der Waals surface area contributed by atoms with Crippen LogP contribution in [0, 0.1) is 5.92 Å². The highest BCUT2D eigenvalue weighted by Crippen LogP contribution is 2.23. The lowest BCUT2D eigenvalue weighted by atomic mass is 9.98. The zero-order chi connectivity index (χ0) is 13.1. The van der Waals surface area contributed by atoms with Gasteiger partial charge in [0, 0.05) is 22.7 Å². The van der Waals surface area contributed by atoms with Crippen molar-refractivity contribution < 1.29 is 14.7 Å². The number of hydrogen-bond acceptors (Lipinski definition) is 3. The Morgan fingerprint density at radius 3 is 2.83 bits per heavy atom. The van der Waals surface area contributed by atoms with Crippen molar-refractivity contribution in [2.45, 2.75) is 32.7 Å². The molecule has 4 nitrogen and oxygen atoms in total. The highest BCUT2D eigenvalue weighted by Gasteiger charge is 2.30. The number of hydrogen-bond donors (Lipinski definition) is 1. The number of nitrogens with zero attached hydrogens (tertiary/aromatic N) is 1. The first-order valence-electron chi connectivity index (χ1n) is 6.18. The molecule has 0 aromatic carbocycles. The van der Waals surface area contributed by atoms with E-state index in [0.717, 1.165) is 11.3 Å². The Bertz CT molecular complexity index is 455. The van der Waals surface area contributed by atoms with Crippen molar-refractivity contribution in [2.75, 3.05) is 6.54 Å². The SMILES string of the molecule is CCc1ccc(CN2CC(C(=O)O)CCC2=O)s1. The van der Waals surface area contributed by atoms with E-state index in [4.69, 9.17) is 5.11 Å². The Morgan fingerprint density at radius 1 is 1.50 bits per heavy atom. The molecule has 1 amide bonds. The maximum absolute atomic E-state index is 11.8. The lowest BCUT2D eigenvalue weighted by molar-refractivity contribution is -0.147. The zero-order valence-corrected chi connectivity index (χ0v) is 11.2. The number of rotatable bonds is 4. The van der Waals surface area contributed by atoms with Gasteiger partial charge in [-0.3, -0.25) is 9.59 Å². The van der Waals surface area contributed by atoms with Gasteiger partial charge in [0.05, 0.1) is 12.5 Å². The minimum atomic E-state index is -0.798. The molecule has 18 heavy (non-hydrogen) atoms. The summed E-state index contributed by atoms with van der Waals surface area (Å²) in [5.74, 6) is -1.14. The second-order valence-electron chi connectivity index (χ2n) is 4.57. The number of aliphatic carboxylic acids is 1. The molecule has 1 saturated heterocycles. The molecule has 1 unspecified atom stereocenters. The summed E-state index contributed by atoms with van der Waals surface area (Å²) in [5.41, 5.74) is 0. The van der Waals surface area contributed by atoms with Gasteiger partial charge in [0.25, 0.3) is 0 Å². The Labute approximate surface area is 110 Å². The molecule has 1 aromatic rings. The number of carbonyl (C=O) groups is 2. The van der Waals surface area contributed by atoms with Crippen molar-refractivity contribution in [1.82, 2.24) is 4.90 Å². The molecule has 0 bridgehead atoms. The van der Waals surface area contributed by atoms with Gasteiger partial charge in [-0.15, -0.1) is 11.3 Å². The van der Waals surface area contributed by atoms with Crippen molar-refractivity contribution in [3.63, 3.8) is 0 Å². The molecule has 0 spiro atoms. The Morgan fingerprint density at radius 2 is 2.22 bits per heavy atom. The van der Waals surface area contributed by atoms with Crippen molar-refractivity contribution in [2.24, 2.45) is 5.92 Å². The molecule has 1 atom stereocenters. The third-order valence-corrected chi connectivity index (χ3v) is 4.48. The second kappa shape index (κ2) is 5.52. The molecule has 0 saturated carbocycles. The van der Waals surface area contributed by atoms with Crippen LogP contribution < -0.4 is 0 Å². The van der Waals surface area contributed by atoms with Crippen LogP contribution in [-0.2, 0) is 22.6 Å². The van der Waals surface area contributed by atoms with Crippen LogP contribution in [0.4, 0.5) is 0 Å². The summed E-state index contributed by atoms with van der Waals surface area (Å²) in [6.45, 7) is 2.99. The summed E-state index contributed by atoms with van der Waals surface area (Å²) in [6, 6.07) is 4.10. The molecule has 1 N–H and O–H groups in total. The second-order valence-corrected chi connectivity index (χ2v) is 5.82. The summed E-state index contributed by atoms with van der Waals surface area (Å²) in [7, 11) is 0. The molecular weight excluding hydrogens is 250 g/mol. The molecule has 2 rings (SSSR count). The van der Waals surface area contributed by atoms with Crippen LogP contribution in [-0.4, -0.2) is 28.4 Å². The summed E-state index contributed by atoms with van der Waals surface area (Å²) < 4.78 is 0. The van der Waals surface area contributed by atoms with Crippen molar-refractivity contribution >= 4 is 23.2 Å². The van der Waals surface area contributed by atoms with Gasteiger partial charge in [0.15, 0.2) is 0 Å². The number of thiophene rings is 1. The third-order valence-electron chi connectivity index (χ3n) is 3.26. The van der Waals surface area contributed by atoms with Gasteiger partial charge in [0.2, 0.25) is 5.91 Å². The highest BCUT2D eigenvalue weighted by molar-refractivity contribution is 7.11. The van der Waals surface area contributed by atoms with E-state index in [1.165, 1.54) is 4.88 Å². The van der Waals surface area contributed by atoms with Crippen molar-refractivity contribution in [1.29, 1.82) is 0 Å². The largest absolute Gasteiger partial charge is 0.481 e. The van der Waals surface area contributed by atoms with Gasteiger partial charge >= 0.3 is 5.97 Å². The van der Waals surface area contributed by atoms with Gasteiger partial charge in [-0.1, -0.05) is 6.92 Å². The Kier molecular flexibility index (Phi) is 4.01. The van der Waals surface area contributed by atoms with Gasteiger partial charge in [-0.25, -0.2) is 0 Å². The van der Waals surface area contributed by atoms with Crippen LogP contribution >= 0.6 is 11.3 Å². The lowest BCUT2D eigenvalue weighted by Crippen LogP contribution is -2.41. The van der Waals surface area contributed by atoms with E-state index in [1.807, 2.05) is 6.07 Å². The highest BCUT2D eigenvalue weighted by atomic mass is 32.1. The summed E-state index contributed by atoms with van der Waals surface area (Å²) in [4.78, 5) is 26.9. The van der Waals surface area contributed by atoms with Gasteiger partial charge in [0.1, 0.15) is 0 Å². The first-order valence-corrected chi connectivity index (χ1v) is 7.00. The molecule has 5 heteroatoms. The summed E-state index contributed by atoms with van der Waals surface area (Å²) in [5, 5.41) is 9.02. The van der Waals surface area contributed by atoms with Crippen LogP contribution in [0.15, 0.2) is 12.1 Å². The molecule has 0 aliphatic carbocycles. The maximum Gasteiger partial charge on any atom is 0.308 e.